The number of rotatable bonds is 2. The minimum Gasteiger partial charge on any atom is -0.445 e. The van der Waals surface area contributed by atoms with Gasteiger partial charge in [-0.05, 0) is 38.8 Å². The molecule has 6 heterocycles. The van der Waals surface area contributed by atoms with E-state index in [1.807, 2.05) is 0 Å². The molecule has 0 saturated carbocycles. The number of hydrogen-bond donors (Lipinski definition) is 0. The quantitative estimate of drug-likeness (QED) is 0.637. The predicted octanol–water partition coefficient (Wildman–Crippen LogP) is 1.70. The first-order valence-electron chi connectivity index (χ1n) is 10.5. The highest BCUT2D eigenvalue weighted by Crippen LogP contribution is 2.60. The summed E-state index contributed by atoms with van der Waals surface area (Å²) in [5, 5.41) is -0.427. The van der Waals surface area contributed by atoms with Crippen molar-refractivity contribution in [3.63, 3.8) is 0 Å². The van der Waals surface area contributed by atoms with Crippen LogP contribution >= 0.6 is 0 Å². The summed E-state index contributed by atoms with van der Waals surface area (Å²) in [6, 6.07) is 0. The van der Waals surface area contributed by atoms with Gasteiger partial charge in [0.25, 0.3) is 16.6 Å². The summed E-state index contributed by atoms with van der Waals surface area (Å²) in [6.07, 6.45) is 5.66. The van der Waals surface area contributed by atoms with E-state index in [1.54, 1.807) is 0 Å². The van der Waals surface area contributed by atoms with Crippen molar-refractivity contribution >= 4 is 16.6 Å². The van der Waals surface area contributed by atoms with E-state index in [2.05, 4.69) is 13.1 Å². The summed E-state index contributed by atoms with van der Waals surface area (Å²) in [7, 11) is -5.23. The molecule has 0 aromatic carbocycles. The molecule has 6 unspecified atom stereocenters. The fourth-order valence-corrected chi connectivity index (χ4v) is 19.5. The van der Waals surface area contributed by atoms with Gasteiger partial charge < -0.3 is 32.5 Å². The molecule has 0 radical (unpaired) electrons. The molecule has 6 fully saturated rings. The van der Waals surface area contributed by atoms with Crippen LogP contribution in [-0.2, 0) is 32.5 Å². The summed E-state index contributed by atoms with van der Waals surface area (Å²) in [5.74, 6) is 0. The highest BCUT2D eigenvalue weighted by molar-refractivity contribution is 6.91. The molecule has 27 heavy (non-hydrogen) atoms. The van der Waals surface area contributed by atoms with Gasteiger partial charge in [-0.3, -0.25) is 0 Å². The molecule has 6 aliphatic heterocycles. The summed E-state index contributed by atoms with van der Waals surface area (Å²) in [5.41, 5.74) is -1.18. The Morgan fingerprint density at radius 1 is 0.519 bits per heavy atom. The van der Waals surface area contributed by atoms with Crippen molar-refractivity contribution in [2.24, 2.45) is 0 Å². The van der Waals surface area contributed by atoms with Crippen molar-refractivity contribution < 1.29 is 32.5 Å². The van der Waals surface area contributed by atoms with E-state index in [0.29, 0.717) is 13.2 Å². The van der Waals surface area contributed by atoms with Gasteiger partial charge in [-0.1, -0.05) is 0 Å². The monoisotopic (exact) mass is 414 g/mol. The summed E-state index contributed by atoms with van der Waals surface area (Å²) in [6.45, 7) is 9.03. The van der Waals surface area contributed by atoms with Gasteiger partial charge in [0.2, 0.25) is 0 Å². The minimum atomic E-state index is -2.62. The van der Waals surface area contributed by atoms with Crippen molar-refractivity contribution in [1.82, 2.24) is 0 Å². The van der Waals surface area contributed by atoms with Gasteiger partial charge in [0, 0.05) is 26.1 Å². The molecule has 6 saturated heterocycles. The molecular formula is C18H30O7Si2. The Bertz CT molecular complexity index is 542. The number of ether oxygens (including phenoxy) is 6. The van der Waals surface area contributed by atoms with Crippen molar-refractivity contribution in [2.75, 3.05) is 39.6 Å². The Morgan fingerprint density at radius 3 is 1.11 bits per heavy atom. The van der Waals surface area contributed by atoms with Crippen LogP contribution in [0.1, 0.15) is 38.5 Å². The Balaban J connectivity index is 1.45. The van der Waals surface area contributed by atoms with Crippen LogP contribution in [0, 0.1) is 0 Å². The molecule has 6 aliphatic rings. The van der Waals surface area contributed by atoms with Crippen molar-refractivity contribution in [1.29, 1.82) is 0 Å². The van der Waals surface area contributed by atoms with Gasteiger partial charge in [-0.15, -0.1) is 0 Å². The fourth-order valence-electron chi connectivity index (χ4n) is 6.36. The van der Waals surface area contributed by atoms with Crippen LogP contribution < -0.4 is 0 Å². The summed E-state index contributed by atoms with van der Waals surface area (Å²) < 4.78 is 45.0. The van der Waals surface area contributed by atoms with Gasteiger partial charge in [-0.25, -0.2) is 0 Å². The zero-order valence-corrected chi connectivity index (χ0v) is 18.3. The van der Waals surface area contributed by atoms with E-state index in [-0.39, 0.29) is 10.4 Å². The van der Waals surface area contributed by atoms with E-state index < -0.39 is 27.5 Å². The SMILES string of the molecule is C[Si]1(O[Si]2(C)C3(CCO3)CCOC23CCO3)C2(CCO2)CCOC12CCO2. The van der Waals surface area contributed by atoms with E-state index in [0.717, 1.165) is 65.0 Å². The molecule has 0 amide bonds. The summed E-state index contributed by atoms with van der Waals surface area (Å²) >= 11 is 0. The Morgan fingerprint density at radius 2 is 0.852 bits per heavy atom. The van der Waals surface area contributed by atoms with E-state index >= 15 is 0 Å². The molecule has 0 bridgehead atoms. The third-order valence-electron chi connectivity index (χ3n) is 8.58. The van der Waals surface area contributed by atoms with Crippen molar-refractivity contribution in [3.8, 4) is 0 Å². The van der Waals surface area contributed by atoms with Gasteiger partial charge in [0.1, 0.15) is 0 Å². The lowest BCUT2D eigenvalue weighted by atomic mass is 10.1. The average Bonchev–Trinajstić information content (AvgIpc) is 2.48. The second-order valence-electron chi connectivity index (χ2n) is 9.25. The normalized spacial score (nSPS) is 59.3. The average molecular weight is 415 g/mol. The molecule has 4 spiro atoms. The second-order valence-corrected chi connectivity index (χ2v) is 17.5. The Kier molecular flexibility index (Phi) is 3.62. The lowest BCUT2D eigenvalue weighted by Gasteiger charge is -2.70. The Hall–Kier alpha value is 0.154. The minimum absolute atomic E-state index is 0.213. The van der Waals surface area contributed by atoms with Crippen molar-refractivity contribution in [3.05, 3.63) is 0 Å². The van der Waals surface area contributed by atoms with Crippen LogP contribution in [0.4, 0.5) is 0 Å². The van der Waals surface area contributed by atoms with Crippen LogP contribution in [0.3, 0.4) is 0 Å². The molecule has 152 valence electrons. The Labute approximate surface area is 162 Å². The fraction of sp³-hybridized carbons (Fsp3) is 1.00. The molecule has 0 N–H and O–H groups in total. The molecule has 9 heteroatoms. The van der Waals surface area contributed by atoms with Gasteiger partial charge in [-0.2, -0.15) is 0 Å². The standard InChI is InChI=1S/C18H30O7Si2/c1-26(15(3-9-19-15)5-11-21-17(26)7-13-23-17)25-27(2)16(4-10-20-16)6-12-22-18(27)8-14-24-18/h3-14H2,1-2H3. The number of hydrogen-bond acceptors (Lipinski definition) is 7. The summed E-state index contributed by atoms with van der Waals surface area (Å²) in [4.78, 5) is 0. The molecule has 0 aromatic heterocycles. The first-order chi connectivity index (χ1) is 12.9. The first kappa shape index (κ1) is 18.0. The van der Waals surface area contributed by atoms with Crippen LogP contribution in [0.5, 0.6) is 0 Å². The second kappa shape index (κ2) is 5.44. The maximum absolute atomic E-state index is 7.47. The van der Waals surface area contributed by atoms with Gasteiger partial charge in [0.15, 0.2) is 10.8 Å². The lowest BCUT2D eigenvalue weighted by Crippen LogP contribution is -2.90. The molecule has 0 aromatic rings. The van der Waals surface area contributed by atoms with Crippen LogP contribution in [0.25, 0.3) is 0 Å². The zero-order chi connectivity index (χ0) is 18.4. The topological polar surface area (TPSA) is 64.6 Å². The maximum atomic E-state index is 7.47. The molecular weight excluding hydrogens is 384 g/mol. The van der Waals surface area contributed by atoms with E-state index in [1.165, 1.54) is 0 Å². The molecule has 7 nitrogen and oxygen atoms in total. The lowest BCUT2D eigenvalue weighted by molar-refractivity contribution is -0.307. The van der Waals surface area contributed by atoms with Crippen LogP contribution in [-0.4, -0.2) is 77.5 Å². The zero-order valence-electron chi connectivity index (χ0n) is 16.3. The third kappa shape index (κ3) is 1.88. The molecule has 6 atom stereocenters. The largest absolute Gasteiger partial charge is 0.445 e. The van der Waals surface area contributed by atoms with Crippen LogP contribution in [0.15, 0.2) is 0 Å². The van der Waals surface area contributed by atoms with Gasteiger partial charge >= 0.3 is 0 Å². The highest BCUT2D eigenvalue weighted by atomic mass is 28.4. The van der Waals surface area contributed by atoms with Gasteiger partial charge in [0.05, 0.1) is 36.9 Å². The predicted molar refractivity (Wildman–Crippen MR) is 98.7 cm³/mol. The third-order valence-corrected chi connectivity index (χ3v) is 20.6. The van der Waals surface area contributed by atoms with Crippen molar-refractivity contribution in [2.45, 2.75) is 72.9 Å². The van der Waals surface area contributed by atoms with E-state index in [4.69, 9.17) is 32.5 Å². The highest BCUT2D eigenvalue weighted by Gasteiger charge is 2.81. The first-order valence-corrected chi connectivity index (χ1v) is 15.3. The molecule has 0 aliphatic carbocycles. The van der Waals surface area contributed by atoms with Crippen LogP contribution in [0.2, 0.25) is 13.1 Å². The van der Waals surface area contributed by atoms with E-state index in [9.17, 15) is 0 Å². The molecule has 6 rings (SSSR count). The maximum Gasteiger partial charge on any atom is 0.276 e. The smallest absolute Gasteiger partial charge is 0.276 e.